The molecule has 0 radical (unpaired) electrons. The van der Waals surface area contributed by atoms with E-state index in [0.29, 0.717) is 5.56 Å². The molecule has 5 heteroatoms. The smallest absolute Gasteiger partial charge is 0.150 e. The largest absolute Gasteiger partial charge is 0.378 e. The Bertz CT molecular complexity index is 833. The Morgan fingerprint density at radius 1 is 1.00 bits per heavy atom. The molecule has 0 amide bonds. The normalized spacial score (nSPS) is 15.0. The number of ether oxygens (including phenoxy) is 1. The zero-order valence-electron chi connectivity index (χ0n) is 12.7. The van der Waals surface area contributed by atoms with E-state index in [0.717, 1.165) is 49.3 Å². The molecular formula is C18H17N3O2. The Morgan fingerprint density at radius 2 is 1.74 bits per heavy atom. The molecule has 1 aromatic heterocycles. The second kappa shape index (κ2) is 5.85. The highest BCUT2D eigenvalue weighted by atomic mass is 16.5. The molecular weight excluding hydrogens is 290 g/mol. The van der Waals surface area contributed by atoms with E-state index in [-0.39, 0.29) is 0 Å². The molecule has 1 aliphatic rings. The van der Waals surface area contributed by atoms with Crippen LogP contribution in [0.15, 0.2) is 48.8 Å². The minimum atomic E-state index is 0.657. The van der Waals surface area contributed by atoms with Crippen LogP contribution in [0.1, 0.15) is 10.4 Å². The number of imidazole rings is 1. The van der Waals surface area contributed by atoms with Crippen molar-refractivity contribution in [2.75, 3.05) is 31.2 Å². The molecule has 2 heterocycles. The van der Waals surface area contributed by atoms with Gasteiger partial charge in [-0.05, 0) is 42.5 Å². The van der Waals surface area contributed by atoms with Crippen LogP contribution >= 0.6 is 0 Å². The molecule has 5 nitrogen and oxygen atoms in total. The van der Waals surface area contributed by atoms with Crippen LogP contribution in [0.5, 0.6) is 0 Å². The number of morpholine rings is 1. The first kappa shape index (κ1) is 14.0. The average Bonchev–Trinajstić information content (AvgIpc) is 3.05. The van der Waals surface area contributed by atoms with Gasteiger partial charge < -0.3 is 9.64 Å². The monoisotopic (exact) mass is 307 g/mol. The number of nitrogens with zero attached hydrogens (tertiary/aromatic N) is 3. The molecule has 2 aromatic carbocycles. The Hall–Kier alpha value is -2.66. The van der Waals surface area contributed by atoms with Crippen LogP contribution in [-0.4, -0.2) is 42.1 Å². The molecule has 0 unspecified atom stereocenters. The summed E-state index contributed by atoms with van der Waals surface area (Å²) in [5.74, 6) is 0. The van der Waals surface area contributed by atoms with Gasteiger partial charge in [0.2, 0.25) is 0 Å². The number of hydrogen-bond donors (Lipinski definition) is 0. The van der Waals surface area contributed by atoms with Crippen LogP contribution in [0.3, 0.4) is 0 Å². The molecule has 1 saturated heterocycles. The van der Waals surface area contributed by atoms with Crippen molar-refractivity contribution in [1.82, 2.24) is 9.55 Å². The maximum absolute atomic E-state index is 11.0. The fraction of sp³-hybridized carbons (Fsp3) is 0.222. The highest BCUT2D eigenvalue weighted by molar-refractivity contribution is 5.86. The Morgan fingerprint density at radius 3 is 2.48 bits per heavy atom. The van der Waals surface area contributed by atoms with E-state index < -0.39 is 0 Å². The molecule has 23 heavy (non-hydrogen) atoms. The summed E-state index contributed by atoms with van der Waals surface area (Å²) in [6.45, 7) is 3.41. The molecule has 1 aliphatic heterocycles. The van der Waals surface area contributed by atoms with E-state index in [9.17, 15) is 4.79 Å². The summed E-state index contributed by atoms with van der Waals surface area (Å²) >= 11 is 0. The zero-order chi connectivity index (χ0) is 15.6. The van der Waals surface area contributed by atoms with Crippen LogP contribution in [-0.2, 0) is 4.74 Å². The summed E-state index contributed by atoms with van der Waals surface area (Å²) in [7, 11) is 0. The molecule has 0 saturated carbocycles. The third kappa shape index (κ3) is 2.59. The van der Waals surface area contributed by atoms with Crippen molar-refractivity contribution in [1.29, 1.82) is 0 Å². The van der Waals surface area contributed by atoms with Crippen LogP contribution in [0.2, 0.25) is 0 Å². The molecule has 4 rings (SSSR count). The summed E-state index contributed by atoms with van der Waals surface area (Å²) in [6.07, 6.45) is 2.65. The van der Waals surface area contributed by atoms with E-state index in [1.165, 1.54) is 5.69 Å². The molecule has 0 bridgehead atoms. The minimum absolute atomic E-state index is 0.657. The maximum Gasteiger partial charge on any atom is 0.150 e. The van der Waals surface area contributed by atoms with Gasteiger partial charge in [0.05, 0.1) is 24.2 Å². The number of benzene rings is 2. The maximum atomic E-state index is 11.0. The number of fused-ring (bicyclic) bond motifs is 1. The summed E-state index contributed by atoms with van der Waals surface area (Å²) in [5, 5.41) is 0. The van der Waals surface area contributed by atoms with Crippen molar-refractivity contribution in [2.24, 2.45) is 0 Å². The van der Waals surface area contributed by atoms with Crippen LogP contribution in [0.25, 0.3) is 16.7 Å². The second-order valence-electron chi connectivity index (χ2n) is 5.60. The predicted octanol–water partition coefficient (Wildman–Crippen LogP) is 2.67. The van der Waals surface area contributed by atoms with E-state index in [4.69, 9.17) is 4.74 Å². The minimum Gasteiger partial charge on any atom is -0.378 e. The molecule has 3 aromatic rings. The van der Waals surface area contributed by atoms with Crippen molar-refractivity contribution < 1.29 is 9.53 Å². The van der Waals surface area contributed by atoms with E-state index in [1.807, 2.05) is 16.7 Å². The van der Waals surface area contributed by atoms with Gasteiger partial charge in [0.1, 0.15) is 12.6 Å². The first-order valence-corrected chi connectivity index (χ1v) is 7.70. The number of hydrogen-bond acceptors (Lipinski definition) is 4. The van der Waals surface area contributed by atoms with E-state index in [1.54, 1.807) is 12.4 Å². The Labute approximate surface area is 134 Å². The fourth-order valence-electron chi connectivity index (χ4n) is 2.95. The zero-order valence-corrected chi connectivity index (χ0v) is 12.7. The lowest BCUT2D eigenvalue weighted by atomic mass is 10.2. The van der Waals surface area contributed by atoms with Crippen LogP contribution in [0.4, 0.5) is 5.69 Å². The van der Waals surface area contributed by atoms with Gasteiger partial charge in [-0.3, -0.25) is 9.36 Å². The third-order valence-electron chi connectivity index (χ3n) is 4.21. The fourth-order valence-corrected chi connectivity index (χ4v) is 2.95. The molecule has 0 atom stereocenters. The topological polar surface area (TPSA) is 47.4 Å². The lowest BCUT2D eigenvalue weighted by molar-refractivity contribution is 0.112. The van der Waals surface area contributed by atoms with Gasteiger partial charge in [-0.1, -0.05) is 0 Å². The lowest BCUT2D eigenvalue weighted by Crippen LogP contribution is -2.36. The van der Waals surface area contributed by atoms with Crippen LogP contribution < -0.4 is 4.90 Å². The van der Waals surface area contributed by atoms with Crippen molar-refractivity contribution in [3.05, 3.63) is 54.4 Å². The van der Waals surface area contributed by atoms with Gasteiger partial charge in [0.25, 0.3) is 0 Å². The van der Waals surface area contributed by atoms with Gasteiger partial charge in [-0.25, -0.2) is 4.98 Å². The van der Waals surface area contributed by atoms with Crippen LogP contribution in [0, 0.1) is 0 Å². The molecule has 0 N–H and O–H groups in total. The SMILES string of the molecule is O=Cc1ccc2ncn(-c3ccc(N4CCOCC4)cc3)c2c1. The highest BCUT2D eigenvalue weighted by Gasteiger charge is 2.11. The number of aldehydes is 1. The van der Waals surface area contributed by atoms with Gasteiger partial charge in [0, 0.05) is 30.0 Å². The third-order valence-corrected chi connectivity index (χ3v) is 4.21. The molecule has 1 fully saturated rings. The number of anilines is 1. The second-order valence-corrected chi connectivity index (χ2v) is 5.60. The quantitative estimate of drug-likeness (QED) is 0.698. The molecule has 0 aliphatic carbocycles. The van der Waals surface area contributed by atoms with Gasteiger partial charge in [-0.2, -0.15) is 0 Å². The standard InChI is InChI=1S/C18H17N3O2/c22-12-14-1-6-17-18(11-14)21(13-19-17)16-4-2-15(3-5-16)20-7-9-23-10-8-20/h1-6,11-13H,7-10H2. The molecule has 0 spiro atoms. The molecule has 116 valence electrons. The number of carbonyl (C=O) groups is 1. The summed E-state index contributed by atoms with van der Waals surface area (Å²) in [4.78, 5) is 17.7. The number of carbonyl (C=O) groups excluding carboxylic acids is 1. The van der Waals surface area contributed by atoms with Crippen molar-refractivity contribution in [2.45, 2.75) is 0 Å². The Kier molecular flexibility index (Phi) is 3.55. The lowest BCUT2D eigenvalue weighted by Gasteiger charge is -2.28. The van der Waals surface area contributed by atoms with Gasteiger partial charge in [0.15, 0.2) is 0 Å². The van der Waals surface area contributed by atoms with Crippen molar-refractivity contribution in [3.63, 3.8) is 0 Å². The Balaban J connectivity index is 1.69. The van der Waals surface area contributed by atoms with Crippen molar-refractivity contribution in [3.8, 4) is 5.69 Å². The first-order chi connectivity index (χ1) is 11.3. The predicted molar refractivity (Wildman–Crippen MR) is 89.5 cm³/mol. The van der Waals surface area contributed by atoms with Gasteiger partial charge >= 0.3 is 0 Å². The first-order valence-electron chi connectivity index (χ1n) is 7.70. The highest BCUT2D eigenvalue weighted by Crippen LogP contribution is 2.22. The van der Waals surface area contributed by atoms with Crippen molar-refractivity contribution >= 4 is 23.0 Å². The van der Waals surface area contributed by atoms with E-state index in [2.05, 4.69) is 34.1 Å². The summed E-state index contributed by atoms with van der Waals surface area (Å²) in [5.41, 5.74) is 4.72. The van der Waals surface area contributed by atoms with E-state index >= 15 is 0 Å². The van der Waals surface area contributed by atoms with Gasteiger partial charge in [-0.15, -0.1) is 0 Å². The summed E-state index contributed by atoms with van der Waals surface area (Å²) < 4.78 is 7.40. The number of rotatable bonds is 3. The average molecular weight is 307 g/mol. The summed E-state index contributed by atoms with van der Waals surface area (Å²) in [6, 6.07) is 13.9. The number of aromatic nitrogens is 2.